The van der Waals surface area contributed by atoms with Gasteiger partial charge in [0.25, 0.3) is 0 Å². The van der Waals surface area contributed by atoms with Gasteiger partial charge in [0, 0.05) is 12.1 Å². The van der Waals surface area contributed by atoms with Crippen LogP contribution in [0, 0.1) is 11.6 Å². The van der Waals surface area contributed by atoms with Gasteiger partial charge in [-0.25, -0.2) is 18.4 Å². The number of nitrogen functional groups attached to an aromatic ring is 1. The number of halogens is 2. The number of hydrogen-bond donors (Lipinski definition) is 2. The highest BCUT2D eigenvalue weighted by molar-refractivity contribution is 6.08. The molecule has 0 fully saturated rings. The first-order valence-corrected chi connectivity index (χ1v) is 5.53. The zero-order chi connectivity index (χ0) is 15.7. The van der Waals surface area contributed by atoms with Gasteiger partial charge in [0.2, 0.25) is 0 Å². The van der Waals surface area contributed by atoms with Gasteiger partial charge in [0.05, 0.1) is 5.69 Å². The number of carboxylic acid groups (broad SMARTS) is 1. The molecule has 0 aliphatic heterocycles. The number of imide groups is 1. The van der Waals surface area contributed by atoms with Crippen molar-refractivity contribution in [2.75, 3.05) is 10.6 Å². The summed E-state index contributed by atoms with van der Waals surface area (Å²) in [6.45, 7) is 4.57. The Bertz CT molecular complexity index is 532. The standard InChI is InChI=1S/C12H14F2N2O4/c1-12(2,3)20-11(19)16(10(17)18)6-4-7(13)9(15)8(14)5-6/h4-5H,15H2,1-3H3,(H,17,18). The smallest absolute Gasteiger partial charge is 0.424 e. The van der Waals surface area contributed by atoms with Crippen LogP contribution in [0.5, 0.6) is 0 Å². The third kappa shape index (κ3) is 3.56. The Morgan fingerprint density at radius 2 is 1.70 bits per heavy atom. The fourth-order valence-corrected chi connectivity index (χ4v) is 1.30. The molecule has 0 aliphatic carbocycles. The Hall–Kier alpha value is -2.38. The Balaban J connectivity index is 3.22. The van der Waals surface area contributed by atoms with Crippen LogP contribution in [0.3, 0.4) is 0 Å². The van der Waals surface area contributed by atoms with Crippen molar-refractivity contribution in [2.24, 2.45) is 0 Å². The summed E-state index contributed by atoms with van der Waals surface area (Å²) in [5.41, 5.74) is 2.82. The molecule has 1 rings (SSSR count). The second-order valence-electron chi connectivity index (χ2n) is 4.92. The lowest BCUT2D eigenvalue weighted by atomic mass is 10.2. The number of nitrogens with zero attached hydrogens (tertiary/aromatic N) is 1. The van der Waals surface area contributed by atoms with Gasteiger partial charge >= 0.3 is 12.2 Å². The average molecular weight is 288 g/mol. The third-order valence-electron chi connectivity index (χ3n) is 2.09. The Kier molecular flexibility index (Phi) is 4.17. The topological polar surface area (TPSA) is 92.9 Å². The number of nitrogens with two attached hydrogens (primary N) is 1. The molecule has 0 aromatic heterocycles. The molecule has 110 valence electrons. The lowest BCUT2D eigenvalue weighted by Gasteiger charge is -2.24. The van der Waals surface area contributed by atoms with Gasteiger partial charge in [0.15, 0.2) is 11.6 Å². The third-order valence-corrected chi connectivity index (χ3v) is 2.09. The van der Waals surface area contributed by atoms with Crippen LogP contribution in [-0.2, 0) is 4.74 Å². The number of carbonyl (C=O) groups is 2. The predicted molar refractivity (Wildman–Crippen MR) is 67.5 cm³/mol. The summed E-state index contributed by atoms with van der Waals surface area (Å²) >= 11 is 0. The van der Waals surface area contributed by atoms with Crippen molar-refractivity contribution in [3.63, 3.8) is 0 Å². The number of benzene rings is 1. The minimum atomic E-state index is -1.73. The Morgan fingerprint density at radius 3 is 2.05 bits per heavy atom. The molecule has 0 bridgehead atoms. The van der Waals surface area contributed by atoms with E-state index in [0.717, 1.165) is 0 Å². The van der Waals surface area contributed by atoms with E-state index in [4.69, 9.17) is 15.6 Å². The molecular formula is C12H14F2N2O4. The van der Waals surface area contributed by atoms with Crippen molar-refractivity contribution in [3.05, 3.63) is 23.8 Å². The van der Waals surface area contributed by atoms with Gasteiger partial charge in [0.1, 0.15) is 11.3 Å². The van der Waals surface area contributed by atoms with Crippen LogP contribution in [0.15, 0.2) is 12.1 Å². The van der Waals surface area contributed by atoms with Crippen LogP contribution in [0.4, 0.5) is 29.7 Å². The summed E-state index contributed by atoms with van der Waals surface area (Å²) in [5.74, 6) is -2.34. The number of ether oxygens (including phenoxy) is 1. The van der Waals surface area contributed by atoms with Gasteiger partial charge in [-0.1, -0.05) is 0 Å². The molecule has 1 aromatic rings. The molecule has 1 aromatic carbocycles. The summed E-state index contributed by atoms with van der Waals surface area (Å²) in [7, 11) is 0. The summed E-state index contributed by atoms with van der Waals surface area (Å²) in [4.78, 5) is 22.9. The van der Waals surface area contributed by atoms with Crippen LogP contribution in [0.1, 0.15) is 20.8 Å². The minimum absolute atomic E-state index is 0.0941. The molecule has 8 heteroatoms. The van der Waals surface area contributed by atoms with Crippen molar-refractivity contribution in [1.82, 2.24) is 0 Å². The van der Waals surface area contributed by atoms with Gasteiger partial charge in [-0.05, 0) is 20.8 Å². The van der Waals surface area contributed by atoms with Crippen molar-refractivity contribution < 1.29 is 28.2 Å². The second kappa shape index (κ2) is 5.32. The maximum absolute atomic E-state index is 13.3. The molecule has 0 heterocycles. The Labute approximate surface area is 113 Å². The second-order valence-corrected chi connectivity index (χ2v) is 4.92. The summed E-state index contributed by atoms with van der Waals surface area (Å²) in [5, 5.41) is 8.99. The zero-order valence-corrected chi connectivity index (χ0v) is 11.1. The van der Waals surface area contributed by atoms with Crippen LogP contribution in [0.25, 0.3) is 0 Å². The van der Waals surface area contributed by atoms with E-state index in [2.05, 4.69) is 0 Å². The van der Waals surface area contributed by atoms with Gasteiger partial charge < -0.3 is 15.6 Å². The first kappa shape index (κ1) is 15.7. The quantitative estimate of drug-likeness (QED) is 0.775. The molecule has 0 spiro atoms. The van der Waals surface area contributed by atoms with Crippen LogP contribution >= 0.6 is 0 Å². The van der Waals surface area contributed by atoms with Crippen molar-refractivity contribution in [3.8, 4) is 0 Å². The highest BCUT2D eigenvalue weighted by atomic mass is 19.1. The zero-order valence-electron chi connectivity index (χ0n) is 11.1. The number of hydrogen-bond acceptors (Lipinski definition) is 4. The lowest BCUT2D eigenvalue weighted by molar-refractivity contribution is 0.0582. The lowest BCUT2D eigenvalue weighted by Crippen LogP contribution is -2.40. The molecule has 0 radical (unpaired) electrons. The minimum Gasteiger partial charge on any atom is -0.464 e. The van der Waals surface area contributed by atoms with Crippen LogP contribution in [0.2, 0.25) is 0 Å². The van der Waals surface area contributed by atoms with E-state index in [-0.39, 0.29) is 4.90 Å². The fourth-order valence-electron chi connectivity index (χ4n) is 1.30. The molecule has 3 N–H and O–H groups in total. The molecule has 0 saturated heterocycles. The number of rotatable bonds is 1. The molecule has 6 nitrogen and oxygen atoms in total. The Morgan fingerprint density at radius 1 is 1.25 bits per heavy atom. The highest BCUT2D eigenvalue weighted by Crippen LogP contribution is 2.25. The number of carbonyl (C=O) groups excluding carboxylic acids is 1. The largest absolute Gasteiger partial charge is 0.464 e. The maximum atomic E-state index is 13.3. The predicted octanol–water partition coefficient (Wildman–Crippen LogP) is 2.97. The normalized spacial score (nSPS) is 11.1. The maximum Gasteiger partial charge on any atom is 0.424 e. The molecule has 20 heavy (non-hydrogen) atoms. The van der Waals surface area contributed by atoms with Gasteiger partial charge in [-0.15, -0.1) is 0 Å². The van der Waals surface area contributed by atoms with E-state index >= 15 is 0 Å². The number of amides is 2. The molecule has 0 saturated carbocycles. The fraction of sp³-hybridized carbons (Fsp3) is 0.333. The SMILES string of the molecule is CC(C)(C)OC(=O)N(C(=O)O)c1cc(F)c(N)c(F)c1. The van der Waals surface area contributed by atoms with E-state index in [1.54, 1.807) is 0 Å². The van der Waals surface area contributed by atoms with E-state index in [0.29, 0.717) is 12.1 Å². The van der Waals surface area contributed by atoms with E-state index in [9.17, 15) is 18.4 Å². The molecule has 0 unspecified atom stereocenters. The van der Waals surface area contributed by atoms with E-state index < -0.39 is 40.8 Å². The van der Waals surface area contributed by atoms with Crippen LogP contribution in [-0.4, -0.2) is 22.9 Å². The first-order chi connectivity index (χ1) is 9.03. The van der Waals surface area contributed by atoms with Crippen molar-refractivity contribution in [2.45, 2.75) is 26.4 Å². The average Bonchev–Trinajstić information content (AvgIpc) is 2.22. The van der Waals surface area contributed by atoms with Gasteiger partial charge in [-0.3, -0.25) is 0 Å². The summed E-state index contributed by atoms with van der Waals surface area (Å²) < 4.78 is 31.5. The molecule has 2 amide bonds. The van der Waals surface area contributed by atoms with E-state index in [1.807, 2.05) is 0 Å². The summed E-state index contributed by atoms with van der Waals surface area (Å²) in [6.07, 6.45) is -3.00. The number of anilines is 2. The first-order valence-electron chi connectivity index (χ1n) is 5.53. The van der Waals surface area contributed by atoms with Crippen molar-refractivity contribution >= 4 is 23.6 Å². The highest BCUT2D eigenvalue weighted by Gasteiger charge is 2.29. The van der Waals surface area contributed by atoms with Crippen LogP contribution < -0.4 is 10.6 Å². The molecule has 0 aliphatic rings. The molecule has 0 atom stereocenters. The molecular weight excluding hydrogens is 274 g/mol. The van der Waals surface area contributed by atoms with Gasteiger partial charge in [-0.2, -0.15) is 4.90 Å². The monoisotopic (exact) mass is 288 g/mol. The van der Waals surface area contributed by atoms with Crippen molar-refractivity contribution in [1.29, 1.82) is 0 Å². The summed E-state index contributed by atoms with van der Waals surface area (Å²) in [6, 6.07) is 1.27. The van der Waals surface area contributed by atoms with E-state index in [1.165, 1.54) is 20.8 Å².